The number of hydrogen-bond donors (Lipinski definition) is 1. The Kier molecular flexibility index (Phi) is 3.19. The predicted molar refractivity (Wildman–Crippen MR) is 84.8 cm³/mol. The van der Waals surface area contributed by atoms with Gasteiger partial charge in [-0.1, -0.05) is 29.1 Å². The molecule has 7 heteroatoms. The van der Waals surface area contributed by atoms with Crippen molar-refractivity contribution >= 4 is 29.3 Å². The van der Waals surface area contributed by atoms with Gasteiger partial charge in [-0.3, -0.25) is 14.5 Å². The van der Waals surface area contributed by atoms with Gasteiger partial charge in [-0.25, -0.2) is 0 Å². The highest BCUT2D eigenvalue weighted by atomic mass is 32.2. The van der Waals surface area contributed by atoms with Crippen molar-refractivity contribution in [2.45, 2.75) is 36.1 Å². The maximum Gasteiger partial charge on any atom is 0.257 e. The van der Waals surface area contributed by atoms with Crippen molar-refractivity contribution in [2.75, 3.05) is 4.90 Å². The second-order valence-corrected chi connectivity index (χ2v) is 7.02. The summed E-state index contributed by atoms with van der Waals surface area (Å²) in [6.45, 7) is 2.09. The number of anilines is 1. The van der Waals surface area contributed by atoms with Gasteiger partial charge in [0.05, 0.1) is 17.9 Å². The summed E-state index contributed by atoms with van der Waals surface area (Å²) in [5.74, 6) is 0.426. The number of aromatic nitrogens is 1. The monoisotopic (exact) mass is 329 g/mol. The number of rotatable bonds is 3. The number of hydrogen-bond acceptors (Lipinski definition) is 5. The van der Waals surface area contributed by atoms with Gasteiger partial charge in [-0.15, -0.1) is 0 Å². The van der Waals surface area contributed by atoms with E-state index < -0.39 is 4.87 Å². The summed E-state index contributed by atoms with van der Waals surface area (Å²) in [7, 11) is 0. The molecular weight excluding hydrogens is 314 g/mol. The lowest BCUT2D eigenvalue weighted by Crippen LogP contribution is -2.52. The van der Waals surface area contributed by atoms with Crippen LogP contribution in [0.5, 0.6) is 0 Å². The van der Waals surface area contributed by atoms with Gasteiger partial charge in [0, 0.05) is 17.4 Å². The van der Waals surface area contributed by atoms with Crippen molar-refractivity contribution in [3.63, 3.8) is 0 Å². The van der Waals surface area contributed by atoms with Crippen LogP contribution in [0, 0.1) is 6.92 Å². The van der Waals surface area contributed by atoms with Gasteiger partial charge >= 0.3 is 0 Å². The molecule has 2 aliphatic heterocycles. The number of carbonyl (C=O) groups is 2. The number of aryl methyl sites for hydroxylation is 1. The maximum absolute atomic E-state index is 12.9. The number of amides is 2. The first-order valence-electron chi connectivity index (χ1n) is 7.42. The first kappa shape index (κ1) is 14.3. The number of nitrogens with zero attached hydrogens (tertiary/aromatic N) is 2. The fourth-order valence-corrected chi connectivity index (χ4v) is 4.54. The SMILES string of the molecule is Cc1cc(CNC(=O)C23CCC(=O)N2c2ccccc2S3)on1. The molecule has 118 valence electrons. The minimum atomic E-state index is -0.879. The lowest BCUT2D eigenvalue weighted by atomic mass is 10.2. The van der Waals surface area contributed by atoms with E-state index in [2.05, 4.69) is 10.5 Å². The standard InChI is InChI=1S/C16H15N3O3S/c1-10-8-11(22-18-10)9-17-15(21)16-7-6-14(20)19(16)12-4-2-3-5-13(12)23-16/h2-5,8H,6-7,9H2,1H3,(H,17,21). The lowest BCUT2D eigenvalue weighted by molar-refractivity contribution is -0.125. The average molecular weight is 329 g/mol. The minimum absolute atomic E-state index is 0.00638. The van der Waals surface area contributed by atoms with E-state index in [0.717, 1.165) is 16.3 Å². The number of fused-ring (bicyclic) bond motifs is 3. The second kappa shape index (κ2) is 5.13. The zero-order chi connectivity index (χ0) is 16.0. The molecule has 23 heavy (non-hydrogen) atoms. The molecule has 2 amide bonds. The van der Waals surface area contributed by atoms with Crippen LogP contribution in [0.15, 0.2) is 39.8 Å². The summed E-state index contributed by atoms with van der Waals surface area (Å²) >= 11 is 1.45. The Morgan fingerprint density at radius 1 is 1.48 bits per heavy atom. The molecule has 2 aliphatic rings. The first-order valence-corrected chi connectivity index (χ1v) is 8.23. The molecule has 1 saturated heterocycles. The maximum atomic E-state index is 12.9. The third-order valence-corrected chi connectivity index (χ3v) is 5.60. The fourth-order valence-electron chi connectivity index (χ4n) is 3.10. The van der Waals surface area contributed by atoms with Gasteiger partial charge in [0.15, 0.2) is 10.6 Å². The van der Waals surface area contributed by atoms with Crippen molar-refractivity contribution in [1.29, 1.82) is 0 Å². The van der Waals surface area contributed by atoms with E-state index >= 15 is 0 Å². The van der Waals surface area contributed by atoms with E-state index in [1.54, 1.807) is 11.0 Å². The van der Waals surface area contributed by atoms with Gasteiger partial charge in [-0.05, 0) is 25.5 Å². The van der Waals surface area contributed by atoms with Crippen molar-refractivity contribution in [3.8, 4) is 0 Å². The topological polar surface area (TPSA) is 75.4 Å². The van der Waals surface area contributed by atoms with Gasteiger partial charge in [0.25, 0.3) is 5.91 Å². The molecule has 0 bridgehead atoms. The van der Waals surface area contributed by atoms with E-state index in [9.17, 15) is 9.59 Å². The summed E-state index contributed by atoms with van der Waals surface area (Å²) in [5, 5.41) is 6.69. The molecule has 2 aromatic rings. The Balaban J connectivity index is 1.59. The Morgan fingerprint density at radius 3 is 3.09 bits per heavy atom. The number of carbonyl (C=O) groups excluding carboxylic acids is 2. The van der Waals surface area contributed by atoms with Crippen LogP contribution in [0.4, 0.5) is 5.69 Å². The van der Waals surface area contributed by atoms with Gasteiger partial charge in [0.2, 0.25) is 5.91 Å². The molecule has 1 unspecified atom stereocenters. The van der Waals surface area contributed by atoms with Crippen LogP contribution in [0.3, 0.4) is 0 Å². The van der Waals surface area contributed by atoms with Crippen LogP contribution in [-0.2, 0) is 16.1 Å². The van der Waals surface area contributed by atoms with Crippen molar-refractivity contribution in [2.24, 2.45) is 0 Å². The van der Waals surface area contributed by atoms with E-state index in [-0.39, 0.29) is 18.4 Å². The van der Waals surface area contributed by atoms with E-state index in [1.165, 1.54) is 11.8 Å². The molecule has 1 N–H and O–H groups in total. The largest absolute Gasteiger partial charge is 0.359 e. The zero-order valence-electron chi connectivity index (χ0n) is 12.5. The van der Waals surface area contributed by atoms with E-state index in [4.69, 9.17) is 4.52 Å². The molecule has 1 fully saturated rings. The number of para-hydroxylation sites is 1. The molecule has 0 spiro atoms. The summed E-state index contributed by atoms with van der Waals surface area (Å²) < 4.78 is 5.12. The molecule has 1 aromatic heterocycles. The van der Waals surface area contributed by atoms with Gasteiger partial charge < -0.3 is 9.84 Å². The zero-order valence-corrected chi connectivity index (χ0v) is 13.4. The van der Waals surface area contributed by atoms with Crippen LogP contribution in [0.2, 0.25) is 0 Å². The Hall–Kier alpha value is -2.28. The highest BCUT2D eigenvalue weighted by Gasteiger charge is 2.57. The summed E-state index contributed by atoms with van der Waals surface area (Å²) in [4.78, 5) is 26.9. The van der Waals surface area contributed by atoms with E-state index in [0.29, 0.717) is 18.6 Å². The number of benzene rings is 1. The van der Waals surface area contributed by atoms with Crippen LogP contribution in [0.1, 0.15) is 24.3 Å². The average Bonchev–Trinajstić information content (AvgIpc) is 3.19. The lowest BCUT2D eigenvalue weighted by Gasteiger charge is -2.29. The third-order valence-electron chi connectivity index (χ3n) is 4.13. The molecule has 0 radical (unpaired) electrons. The highest BCUT2D eigenvalue weighted by molar-refractivity contribution is 8.02. The molecule has 1 atom stereocenters. The highest BCUT2D eigenvalue weighted by Crippen LogP contribution is 2.55. The molecular formula is C16H15N3O3S. The normalized spacial score (nSPS) is 22.1. The van der Waals surface area contributed by atoms with Gasteiger partial charge in [0.1, 0.15) is 0 Å². The Bertz CT molecular complexity index is 803. The Labute approximate surface area is 137 Å². The quantitative estimate of drug-likeness (QED) is 0.934. The molecule has 0 aliphatic carbocycles. The van der Waals surface area contributed by atoms with Crippen molar-refractivity contribution in [3.05, 3.63) is 41.8 Å². The minimum Gasteiger partial charge on any atom is -0.359 e. The molecule has 6 nitrogen and oxygen atoms in total. The van der Waals surface area contributed by atoms with Gasteiger partial charge in [-0.2, -0.15) is 0 Å². The van der Waals surface area contributed by atoms with Crippen LogP contribution < -0.4 is 10.2 Å². The Morgan fingerprint density at radius 2 is 2.30 bits per heavy atom. The summed E-state index contributed by atoms with van der Waals surface area (Å²) in [5.41, 5.74) is 1.60. The molecule has 0 saturated carbocycles. The van der Waals surface area contributed by atoms with Crippen LogP contribution >= 0.6 is 11.8 Å². The van der Waals surface area contributed by atoms with Crippen molar-refractivity contribution in [1.82, 2.24) is 10.5 Å². The molecule has 1 aromatic carbocycles. The summed E-state index contributed by atoms with van der Waals surface area (Å²) in [6, 6.07) is 9.42. The number of nitrogens with one attached hydrogen (secondary N) is 1. The second-order valence-electron chi connectivity index (χ2n) is 5.70. The first-order chi connectivity index (χ1) is 11.1. The summed E-state index contributed by atoms with van der Waals surface area (Å²) in [6.07, 6.45) is 0.891. The van der Waals surface area contributed by atoms with E-state index in [1.807, 2.05) is 31.2 Å². The van der Waals surface area contributed by atoms with Crippen molar-refractivity contribution < 1.29 is 14.1 Å². The van der Waals surface area contributed by atoms with Crippen LogP contribution in [-0.4, -0.2) is 21.8 Å². The fraction of sp³-hybridized carbons (Fsp3) is 0.312. The molecule has 4 rings (SSSR count). The smallest absolute Gasteiger partial charge is 0.257 e. The number of thioether (sulfide) groups is 1. The predicted octanol–water partition coefficient (Wildman–Crippen LogP) is 2.23. The van der Waals surface area contributed by atoms with Crippen LogP contribution in [0.25, 0.3) is 0 Å². The molecule has 3 heterocycles. The third kappa shape index (κ3) is 2.15.